The van der Waals surface area contributed by atoms with Gasteiger partial charge in [0.1, 0.15) is 0 Å². The number of thiophene rings is 2. The third kappa shape index (κ3) is 7.36. The molecule has 0 N–H and O–H groups in total. The van der Waals surface area contributed by atoms with Crippen molar-refractivity contribution in [1.82, 2.24) is 0 Å². The molecule has 31 heavy (non-hydrogen) atoms. The van der Waals surface area contributed by atoms with Crippen LogP contribution in [0.25, 0.3) is 19.6 Å². The summed E-state index contributed by atoms with van der Waals surface area (Å²) < 4.78 is 0. The van der Waals surface area contributed by atoms with Gasteiger partial charge in [0, 0.05) is 26.2 Å². The molecule has 0 aliphatic carbocycles. The summed E-state index contributed by atoms with van der Waals surface area (Å²) in [6.45, 7) is 0. The van der Waals surface area contributed by atoms with Crippen molar-refractivity contribution in [2.24, 2.45) is 0 Å². The van der Waals surface area contributed by atoms with Crippen LogP contribution in [0.2, 0.25) is 0 Å². The average molecular weight is 555 g/mol. The molecule has 0 bridgehead atoms. The molecule has 0 radical (unpaired) electrons. The molecule has 0 saturated heterocycles. The molecular weight excluding hydrogens is 539 g/mol. The maximum Gasteiger partial charge on any atom is 0.00644 e. The standard InChI is InChI=1S/2C12H10S3.Ni/c2*13-11(9-5-2-1-3-6-9)12(14)10-7-4-8-15-10;/h2*1-8,13-14H;/p-4/b2*12-11-;. The first-order valence-electron chi connectivity index (χ1n) is 8.93. The molecule has 0 saturated carbocycles. The summed E-state index contributed by atoms with van der Waals surface area (Å²) in [6.07, 6.45) is 0. The van der Waals surface area contributed by atoms with Gasteiger partial charge in [-0.2, -0.15) is 19.6 Å². The third-order valence-electron chi connectivity index (χ3n) is 3.97. The summed E-state index contributed by atoms with van der Waals surface area (Å²) in [6, 6.07) is 27.8. The Kier molecular flexibility index (Phi) is 11.1. The molecule has 0 aliphatic heterocycles. The molecule has 0 nitrogen and oxygen atoms in total. The fourth-order valence-corrected chi connectivity index (χ4v) is 5.10. The number of benzene rings is 2. The van der Waals surface area contributed by atoms with Crippen LogP contribution in [0.4, 0.5) is 0 Å². The maximum absolute atomic E-state index is 5.36. The van der Waals surface area contributed by atoms with Gasteiger partial charge in [0.2, 0.25) is 0 Å². The van der Waals surface area contributed by atoms with Gasteiger partial charge in [-0.25, -0.2) is 0 Å². The van der Waals surface area contributed by atoms with E-state index in [9.17, 15) is 0 Å². The molecule has 0 amide bonds. The smallest absolute Gasteiger partial charge is 0.00644 e. The SMILES string of the molecule is [Ni].[S-]/C(=C(\[S-])c1cccs1)c1ccccc1.[S-]/C(=C(\[S-])c1cccs1)c1ccccc1. The van der Waals surface area contributed by atoms with E-state index in [4.69, 9.17) is 50.5 Å². The third-order valence-corrected chi connectivity index (χ3v) is 7.99. The average Bonchev–Trinajstić information content (AvgIpc) is 3.53. The second kappa shape index (κ2) is 13.3. The number of hydrogen-bond acceptors (Lipinski definition) is 6. The van der Waals surface area contributed by atoms with Crippen molar-refractivity contribution >= 4 is 92.8 Å². The van der Waals surface area contributed by atoms with Crippen molar-refractivity contribution in [1.29, 1.82) is 0 Å². The second-order valence-corrected chi connectivity index (χ2v) is 9.53. The van der Waals surface area contributed by atoms with E-state index in [0.717, 1.165) is 40.5 Å². The first kappa shape index (κ1) is 25.9. The topological polar surface area (TPSA) is 0 Å². The van der Waals surface area contributed by atoms with Crippen LogP contribution >= 0.6 is 22.7 Å². The zero-order chi connectivity index (χ0) is 21.3. The summed E-state index contributed by atoms with van der Waals surface area (Å²) in [5, 5.41) is 4.02. The molecule has 2 aromatic carbocycles. The normalized spacial score (nSPS) is 11.9. The predicted octanol–water partition coefficient (Wildman–Crippen LogP) is 7.33. The van der Waals surface area contributed by atoms with Crippen LogP contribution < -0.4 is 0 Å². The van der Waals surface area contributed by atoms with E-state index >= 15 is 0 Å². The van der Waals surface area contributed by atoms with Crippen LogP contribution in [0.1, 0.15) is 20.9 Å². The van der Waals surface area contributed by atoms with Crippen molar-refractivity contribution in [2.45, 2.75) is 0 Å². The Balaban J connectivity index is 0.000000213. The maximum atomic E-state index is 5.36. The largest absolute Gasteiger partial charge is 0.780 e. The monoisotopic (exact) mass is 554 g/mol. The summed E-state index contributed by atoms with van der Waals surface area (Å²) in [5.74, 6) is 0. The summed E-state index contributed by atoms with van der Waals surface area (Å²) in [5.41, 5.74) is 2.04. The van der Waals surface area contributed by atoms with Gasteiger partial charge in [-0.1, -0.05) is 72.8 Å². The quantitative estimate of drug-likeness (QED) is 0.191. The van der Waals surface area contributed by atoms with Gasteiger partial charge >= 0.3 is 0 Å². The van der Waals surface area contributed by atoms with Gasteiger partial charge in [-0.05, 0) is 34.0 Å². The molecule has 0 fully saturated rings. The van der Waals surface area contributed by atoms with Crippen LogP contribution in [0.3, 0.4) is 0 Å². The van der Waals surface area contributed by atoms with Gasteiger partial charge in [0.25, 0.3) is 0 Å². The van der Waals surface area contributed by atoms with Gasteiger partial charge in [-0.15, -0.1) is 22.7 Å². The molecule has 0 atom stereocenters. The van der Waals surface area contributed by atoms with E-state index in [2.05, 4.69) is 0 Å². The van der Waals surface area contributed by atoms with Crippen LogP contribution in [-0.2, 0) is 67.0 Å². The molecule has 7 heteroatoms. The fourth-order valence-electron chi connectivity index (χ4n) is 2.48. The van der Waals surface area contributed by atoms with Crippen molar-refractivity contribution in [3.63, 3.8) is 0 Å². The minimum Gasteiger partial charge on any atom is -0.780 e. The van der Waals surface area contributed by atoms with Crippen molar-refractivity contribution in [3.05, 3.63) is 117 Å². The summed E-state index contributed by atoms with van der Waals surface area (Å²) in [7, 11) is 0. The molecule has 2 aromatic heterocycles. The van der Waals surface area contributed by atoms with Gasteiger partial charge in [0.15, 0.2) is 0 Å². The van der Waals surface area contributed by atoms with Crippen molar-refractivity contribution in [2.75, 3.05) is 0 Å². The minimum absolute atomic E-state index is 0. The van der Waals surface area contributed by atoms with E-state index in [-0.39, 0.29) is 16.5 Å². The Bertz CT molecular complexity index is 1010. The Hall–Kier alpha value is -1.31. The zero-order valence-electron chi connectivity index (χ0n) is 16.0. The Morgan fingerprint density at radius 3 is 1.10 bits per heavy atom. The van der Waals surface area contributed by atoms with Crippen LogP contribution in [0.5, 0.6) is 0 Å². The Morgan fingerprint density at radius 2 is 0.806 bits per heavy atom. The summed E-state index contributed by atoms with van der Waals surface area (Å²) in [4.78, 5) is 5.19. The van der Waals surface area contributed by atoms with Crippen molar-refractivity contribution in [3.8, 4) is 0 Å². The van der Waals surface area contributed by atoms with E-state index in [1.807, 2.05) is 95.7 Å². The molecular formula is C24H16NiS6-4. The van der Waals surface area contributed by atoms with Crippen LogP contribution in [-0.4, -0.2) is 0 Å². The molecule has 4 aromatic rings. The van der Waals surface area contributed by atoms with E-state index in [1.165, 1.54) is 0 Å². The summed E-state index contributed by atoms with van der Waals surface area (Å²) >= 11 is 24.7. The van der Waals surface area contributed by atoms with E-state index < -0.39 is 0 Å². The van der Waals surface area contributed by atoms with Gasteiger partial charge < -0.3 is 50.5 Å². The Morgan fingerprint density at radius 1 is 0.452 bits per heavy atom. The van der Waals surface area contributed by atoms with Gasteiger partial charge in [0.05, 0.1) is 0 Å². The molecule has 2 heterocycles. The zero-order valence-corrected chi connectivity index (χ0v) is 21.9. The first-order chi connectivity index (χ1) is 14.6. The van der Waals surface area contributed by atoms with Crippen molar-refractivity contribution < 1.29 is 16.5 Å². The fraction of sp³-hybridized carbons (Fsp3) is 0. The van der Waals surface area contributed by atoms with Gasteiger partial charge in [-0.3, -0.25) is 0 Å². The molecule has 4 rings (SSSR count). The Labute approximate surface area is 224 Å². The molecule has 162 valence electrons. The molecule has 0 aliphatic rings. The first-order valence-corrected chi connectivity index (χ1v) is 12.3. The van der Waals surface area contributed by atoms with Crippen LogP contribution in [0.15, 0.2) is 95.7 Å². The number of hydrogen-bond donors (Lipinski definition) is 0. The molecule has 0 spiro atoms. The predicted molar refractivity (Wildman–Crippen MR) is 145 cm³/mol. The molecule has 0 unspecified atom stereocenters. The van der Waals surface area contributed by atoms with E-state index in [1.54, 1.807) is 22.7 Å². The number of rotatable bonds is 4. The minimum atomic E-state index is 0. The van der Waals surface area contributed by atoms with Crippen LogP contribution in [0, 0.1) is 0 Å². The second-order valence-electron chi connectivity index (χ2n) is 6.00. The van der Waals surface area contributed by atoms with E-state index in [0.29, 0.717) is 0 Å².